The quantitative estimate of drug-likeness (QED) is 0.732. The van der Waals surface area contributed by atoms with Crippen LogP contribution in [0.4, 0.5) is 0 Å². The molecule has 0 bridgehead atoms. The Kier molecular flexibility index (Phi) is 4.92. The molecule has 2 heteroatoms. The van der Waals surface area contributed by atoms with Gasteiger partial charge in [0.15, 0.2) is 0 Å². The lowest BCUT2D eigenvalue weighted by atomic mass is 9.86. The van der Waals surface area contributed by atoms with Crippen LogP contribution in [0.3, 0.4) is 0 Å². The molecule has 2 rings (SSSR count). The Bertz CT molecular complexity index is 391. The van der Waals surface area contributed by atoms with Crippen LogP contribution in [0.15, 0.2) is 24.3 Å². The minimum Gasteiger partial charge on any atom is -0.295 e. The van der Waals surface area contributed by atoms with Gasteiger partial charge >= 0.3 is 0 Å². The summed E-state index contributed by atoms with van der Waals surface area (Å²) in [5, 5.41) is 0. The van der Waals surface area contributed by atoms with E-state index in [1.165, 1.54) is 36.9 Å². The molecule has 1 unspecified atom stereocenters. The number of piperidine rings is 1. The molecule has 1 aliphatic rings. The minimum absolute atomic E-state index is 0.238. The van der Waals surface area contributed by atoms with Crippen molar-refractivity contribution in [2.24, 2.45) is 0 Å². The van der Waals surface area contributed by atoms with Crippen molar-refractivity contribution >= 4 is 11.6 Å². The van der Waals surface area contributed by atoms with Crippen LogP contribution >= 0.6 is 11.6 Å². The Labute approximate surface area is 123 Å². The number of halogens is 1. The molecular formula is C17H26ClN. The predicted molar refractivity (Wildman–Crippen MR) is 83.9 cm³/mol. The highest BCUT2D eigenvalue weighted by atomic mass is 35.5. The topological polar surface area (TPSA) is 3.24 Å². The second-order valence-electron chi connectivity index (χ2n) is 6.72. The van der Waals surface area contributed by atoms with Crippen molar-refractivity contribution in [2.75, 3.05) is 12.4 Å². The molecule has 106 valence electrons. The maximum absolute atomic E-state index is 6.08. The van der Waals surface area contributed by atoms with E-state index in [2.05, 4.69) is 49.9 Å². The molecule has 0 radical (unpaired) electrons. The highest BCUT2D eigenvalue weighted by Gasteiger charge is 2.21. The molecule has 1 nitrogen and oxygen atoms in total. The predicted octanol–water partition coefficient (Wildman–Crippen LogP) is 4.58. The van der Waals surface area contributed by atoms with Gasteiger partial charge in [-0.15, -0.1) is 11.6 Å². The molecule has 1 saturated heterocycles. The normalized spacial score (nSPS) is 21.6. The minimum atomic E-state index is 0.238. The first-order chi connectivity index (χ1) is 9.00. The highest BCUT2D eigenvalue weighted by Crippen LogP contribution is 2.24. The summed E-state index contributed by atoms with van der Waals surface area (Å²) in [5.74, 6) is 0.764. The lowest BCUT2D eigenvalue weighted by Crippen LogP contribution is -2.40. The number of alkyl halides is 1. The van der Waals surface area contributed by atoms with Crippen molar-refractivity contribution in [3.05, 3.63) is 35.4 Å². The van der Waals surface area contributed by atoms with Crippen LogP contribution in [-0.2, 0) is 12.0 Å². The van der Waals surface area contributed by atoms with Crippen LogP contribution in [0.5, 0.6) is 0 Å². The number of likely N-dealkylation sites (tertiary alicyclic amines) is 1. The van der Waals surface area contributed by atoms with E-state index < -0.39 is 0 Å². The Morgan fingerprint density at radius 1 is 1.16 bits per heavy atom. The smallest absolute Gasteiger partial charge is 0.0379 e. The van der Waals surface area contributed by atoms with Crippen molar-refractivity contribution in [3.8, 4) is 0 Å². The maximum Gasteiger partial charge on any atom is 0.0379 e. The Balaban J connectivity index is 2.02. The first-order valence-corrected chi connectivity index (χ1v) is 7.93. The van der Waals surface area contributed by atoms with Gasteiger partial charge < -0.3 is 0 Å². The van der Waals surface area contributed by atoms with Crippen molar-refractivity contribution in [1.82, 2.24) is 4.90 Å². The van der Waals surface area contributed by atoms with Gasteiger partial charge in [-0.1, -0.05) is 51.5 Å². The third-order valence-corrected chi connectivity index (χ3v) is 4.49. The fraction of sp³-hybridized carbons (Fsp3) is 0.647. The molecule has 0 amide bonds. The average Bonchev–Trinajstić information content (AvgIpc) is 2.39. The fourth-order valence-corrected chi connectivity index (χ4v) is 3.14. The molecule has 0 spiro atoms. The standard InChI is InChI=1S/C17H26ClN/c1-17(2,3)15-9-7-14(8-10-15)13-19-11-5-4-6-16(19)12-18/h7-10,16H,4-6,11-13H2,1-3H3. The van der Waals surface area contributed by atoms with Gasteiger partial charge in [0, 0.05) is 18.5 Å². The van der Waals surface area contributed by atoms with E-state index in [1.807, 2.05) is 0 Å². The lowest BCUT2D eigenvalue weighted by Gasteiger charge is -2.34. The summed E-state index contributed by atoms with van der Waals surface area (Å²) < 4.78 is 0. The van der Waals surface area contributed by atoms with Gasteiger partial charge in [-0.25, -0.2) is 0 Å². The van der Waals surface area contributed by atoms with Gasteiger partial charge in [-0.05, 0) is 35.9 Å². The van der Waals surface area contributed by atoms with Crippen LogP contribution in [0.25, 0.3) is 0 Å². The van der Waals surface area contributed by atoms with E-state index in [9.17, 15) is 0 Å². The SMILES string of the molecule is CC(C)(C)c1ccc(CN2CCCCC2CCl)cc1. The number of benzene rings is 1. The second-order valence-corrected chi connectivity index (χ2v) is 7.03. The van der Waals surface area contributed by atoms with Gasteiger partial charge in [0.1, 0.15) is 0 Å². The fourth-order valence-electron chi connectivity index (χ4n) is 2.79. The summed E-state index contributed by atoms with van der Waals surface area (Å²) in [6.07, 6.45) is 3.90. The lowest BCUT2D eigenvalue weighted by molar-refractivity contribution is 0.155. The maximum atomic E-state index is 6.08. The van der Waals surface area contributed by atoms with E-state index in [1.54, 1.807) is 0 Å². The number of rotatable bonds is 3. The van der Waals surface area contributed by atoms with Gasteiger partial charge in [0.05, 0.1) is 0 Å². The first kappa shape index (κ1) is 14.9. The molecule has 0 aliphatic carbocycles. The molecule has 1 fully saturated rings. The molecule has 1 atom stereocenters. The summed E-state index contributed by atoms with van der Waals surface area (Å²) in [4.78, 5) is 2.54. The average molecular weight is 280 g/mol. The van der Waals surface area contributed by atoms with Crippen molar-refractivity contribution < 1.29 is 0 Å². The van der Waals surface area contributed by atoms with Gasteiger partial charge in [0.2, 0.25) is 0 Å². The molecule has 0 N–H and O–H groups in total. The van der Waals surface area contributed by atoms with Gasteiger partial charge in [-0.2, -0.15) is 0 Å². The third-order valence-electron chi connectivity index (χ3n) is 4.13. The Morgan fingerprint density at radius 2 is 1.84 bits per heavy atom. The van der Waals surface area contributed by atoms with Crippen molar-refractivity contribution in [2.45, 2.75) is 58.0 Å². The molecule has 1 heterocycles. The zero-order chi connectivity index (χ0) is 13.9. The van der Waals surface area contributed by atoms with E-state index in [0.29, 0.717) is 6.04 Å². The molecule has 19 heavy (non-hydrogen) atoms. The van der Waals surface area contributed by atoms with Crippen LogP contribution < -0.4 is 0 Å². The number of nitrogens with zero attached hydrogens (tertiary/aromatic N) is 1. The summed E-state index contributed by atoms with van der Waals surface area (Å²) in [7, 11) is 0. The number of hydrogen-bond donors (Lipinski definition) is 0. The highest BCUT2D eigenvalue weighted by molar-refractivity contribution is 6.18. The molecule has 1 aliphatic heterocycles. The molecule has 0 saturated carbocycles. The van der Waals surface area contributed by atoms with Crippen LogP contribution in [0.1, 0.15) is 51.2 Å². The molecule has 1 aromatic rings. The Hall–Kier alpha value is -0.530. The molecule has 1 aromatic carbocycles. The second kappa shape index (κ2) is 6.28. The molecular weight excluding hydrogens is 254 g/mol. The first-order valence-electron chi connectivity index (χ1n) is 7.40. The van der Waals surface area contributed by atoms with Crippen molar-refractivity contribution in [3.63, 3.8) is 0 Å². The molecule has 0 aromatic heterocycles. The van der Waals surface area contributed by atoms with E-state index in [4.69, 9.17) is 11.6 Å². The van der Waals surface area contributed by atoms with Crippen LogP contribution in [0, 0.1) is 0 Å². The van der Waals surface area contributed by atoms with E-state index in [-0.39, 0.29) is 5.41 Å². The zero-order valence-corrected chi connectivity index (χ0v) is 13.2. The third kappa shape index (κ3) is 3.97. The Morgan fingerprint density at radius 3 is 2.42 bits per heavy atom. The van der Waals surface area contributed by atoms with Crippen LogP contribution in [0.2, 0.25) is 0 Å². The van der Waals surface area contributed by atoms with Gasteiger partial charge in [-0.3, -0.25) is 4.90 Å². The summed E-state index contributed by atoms with van der Waals surface area (Å²) >= 11 is 6.08. The zero-order valence-electron chi connectivity index (χ0n) is 12.5. The monoisotopic (exact) mass is 279 g/mol. The van der Waals surface area contributed by atoms with E-state index in [0.717, 1.165) is 12.4 Å². The summed E-state index contributed by atoms with van der Waals surface area (Å²) in [5.41, 5.74) is 3.05. The van der Waals surface area contributed by atoms with Gasteiger partial charge in [0.25, 0.3) is 0 Å². The summed E-state index contributed by atoms with van der Waals surface area (Å²) in [6.45, 7) is 9.02. The van der Waals surface area contributed by atoms with Crippen molar-refractivity contribution in [1.29, 1.82) is 0 Å². The number of hydrogen-bond acceptors (Lipinski definition) is 1. The largest absolute Gasteiger partial charge is 0.295 e. The summed E-state index contributed by atoms with van der Waals surface area (Å²) in [6, 6.07) is 9.67. The van der Waals surface area contributed by atoms with E-state index >= 15 is 0 Å². The van der Waals surface area contributed by atoms with Crippen LogP contribution in [-0.4, -0.2) is 23.4 Å².